The Morgan fingerprint density at radius 2 is 2.23 bits per heavy atom. The Hall–Kier alpha value is -1.56. The molecule has 6 heteroatoms. The van der Waals surface area contributed by atoms with Crippen molar-refractivity contribution in [3.8, 4) is 0 Å². The van der Waals surface area contributed by atoms with Gasteiger partial charge in [-0.15, -0.1) is 0 Å². The minimum Gasteiger partial charge on any atom is -0.477 e. The standard InChI is InChI=1S/C7H10N2O4/c1-13-3-2-4-5(6(10)11)9-7(12)8-4/h2-3H2,1H3,(H,10,11)(H2,8,9,12). The van der Waals surface area contributed by atoms with Gasteiger partial charge in [-0.3, -0.25) is 4.98 Å². The summed E-state index contributed by atoms with van der Waals surface area (Å²) in [6, 6.07) is 0. The molecule has 1 rings (SSSR count). The molecule has 0 atom stereocenters. The van der Waals surface area contributed by atoms with Crippen LogP contribution < -0.4 is 5.69 Å². The second-order valence-electron chi connectivity index (χ2n) is 2.48. The number of aromatic carboxylic acids is 1. The molecule has 1 heterocycles. The third-order valence-electron chi connectivity index (χ3n) is 1.57. The minimum absolute atomic E-state index is 0.0953. The highest BCUT2D eigenvalue weighted by Gasteiger charge is 2.12. The quantitative estimate of drug-likeness (QED) is 0.595. The molecule has 0 spiro atoms. The molecule has 6 nitrogen and oxygen atoms in total. The van der Waals surface area contributed by atoms with Crippen LogP contribution in [0.2, 0.25) is 0 Å². The molecule has 0 aliphatic carbocycles. The van der Waals surface area contributed by atoms with Crippen molar-refractivity contribution in [3.63, 3.8) is 0 Å². The normalized spacial score (nSPS) is 10.2. The first-order valence-corrected chi connectivity index (χ1v) is 3.68. The Labute approximate surface area is 73.6 Å². The molecule has 3 N–H and O–H groups in total. The fourth-order valence-corrected chi connectivity index (χ4v) is 0.994. The lowest BCUT2D eigenvalue weighted by molar-refractivity contribution is 0.0689. The molecule has 0 saturated carbocycles. The average Bonchev–Trinajstić information content (AvgIpc) is 2.43. The van der Waals surface area contributed by atoms with Gasteiger partial charge in [0, 0.05) is 13.5 Å². The SMILES string of the molecule is COCCc1[nH]c(=O)[nH]c1C(=O)O. The van der Waals surface area contributed by atoms with Gasteiger partial charge in [0.1, 0.15) is 5.69 Å². The van der Waals surface area contributed by atoms with Crippen molar-refractivity contribution < 1.29 is 14.6 Å². The summed E-state index contributed by atoms with van der Waals surface area (Å²) in [4.78, 5) is 25.9. The first kappa shape index (κ1) is 9.53. The molecule has 0 bridgehead atoms. The van der Waals surface area contributed by atoms with E-state index in [-0.39, 0.29) is 5.69 Å². The maximum atomic E-state index is 10.8. The fraction of sp³-hybridized carbons (Fsp3) is 0.429. The number of carboxylic acid groups (broad SMARTS) is 1. The second kappa shape index (κ2) is 3.90. The predicted octanol–water partition coefficient (Wildman–Crippen LogP) is -0.410. The minimum atomic E-state index is -1.15. The number of nitrogens with one attached hydrogen (secondary N) is 2. The van der Waals surface area contributed by atoms with Crippen LogP contribution in [-0.2, 0) is 11.2 Å². The fourth-order valence-electron chi connectivity index (χ4n) is 0.994. The summed E-state index contributed by atoms with van der Waals surface area (Å²) in [5.41, 5.74) is -0.245. The van der Waals surface area contributed by atoms with Crippen molar-refractivity contribution in [1.29, 1.82) is 0 Å². The molecule has 0 aliphatic rings. The van der Waals surface area contributed by atoms with Crippen LogP contribution in [0.5, 0.6) is 0 Å². The number of H-pyrrole nitrogens is 2. The van der Waals surface area contributed by atoms with E-state index in [1.165, 1.54) is 7.11 Å². The van der Waals surface area contributed by atoms with E-state index in [9.17, 15) is 9.59 Å². The van der Waals surface area contributed by atoms with Gasteiger partial charge in [0.15, 0.2) is 0 Å². The Balaban J connectivity index is 2.91. The number of imidazole rings is 1. The molecule has 1 aromatic heterocycles. The van der Waals surface area contributed by atoms with Crippen LogP contribution >= 0.6 is 0 Å². The lowest BCUT2D eigenvalue weighted by Crippen LogP contribution is -2.04. The zero-order valence-electron chi connectivity index (χ0n) is 7.09. The zero-order chi connectivity index (χ0) is 9.84. The molecule has 0 radical (unpaired) electrons. The topological polar surface area (TPSA) is 95.2 Å². The molecule has 0 aromatic carbocycles. The number of hydrogen-bond donors (Lipinski definition) is 3. The molecule has 0 fully saturated rings. The summed E-state index contributed by atoms with van der Waals surface area (Å²) in [6.07, 6.45) is 0.372. The molecule has 0 aliphatic heterocycles. The van der Waals surface area contributed by atoms with E-state index in [0.29, 0.717) is 18.7 Å². The number of carboxylic acids is 1. The highest BCUT2D eigenvalue weighted by atomic mass is 16.5. The molecule has 13 heavy (non-hydrogen) atoms. The molecule has 0 saturated heterocycles. The molecule has 0 unspecified atom stereocenters. The number of rotatable bonds is 4. The number of carbonyl (C=O) groups is 1. The third-order valence-corrected chi connectivity index (χ3v) is 1.57. The number of hydrogen-bond acceptors (Lipinski definition) is 3. The van der Waals surface area contributed by atoms with Gasteiger partial charge in [-0.05, 0) is 0 Å². The first-order valence-electron chi connectivity index (χ1n) is 3.68. The van der Waals surface area contributed by atoms with E-state index in [0.717, 1.165) is 0 Å². The number of ether oxygens (including phenoxy) is 1. The summed E-state index contributed by atoms with van der Waals surface area (Å²) in [5, 5.41) is 8.65. The van der Waals surface area contributed by atoms with Gasteiger partial charge in [-0.25, -0.2) is 9.59 Å². The number of methoxy groups -OCH3 is 1. The Morgan fingerprint density at radius 3 is 2.77 bits per heavy atom. The van der Waals surface area contributed by atoms with E-state index in [4.69, 9.17) is 9.84 Å². The van der Waals surface area contributed by atoms with Crippen LogP contribution in [0.15, 0.2) is 4.79 Å². The van der Waals surface area contributed by atoms with Crippen molar-refractivity contribution in [3.05, 3.63) is 21.9 Å². The summed E-state index contributed by atoms with van der Waals surface area (Å²) in [5.74, 6) is -1.15. The highest BCUT2D eigenvalue weighted by molar-refractivity contribution is 5.86. The maximum Gasteiger partial charge on any atom is 0.354 e. The summed E-state index contributed by atoms with van der Waals surface area (Å²) >= 11 is 0. The van der Waals surface area contributed by atoms with Gasteiger partial charge in [0.05, 0.1) is 12.3 Å². The zero-order valence-corrected chi connectivity index (χ0v) is 7.09. The Bertz CT molecular complexity index is 352. The molecule has 0 amide bonds. The number of aromatic nitrogens is 2. The van der Waals surface area contributed by atoms with Crippen LogP contribution in [0.1, 0.15) is 16.2 Å². The molecular formula is C7H10N2O4. The van der Waals surface area contributed by atoms with Crippen LogP contribution in [0.25, 0.3) is 0 Å². The largest absolute Gasteiger partial charge is 0.477 e. The summed E-state index contributed by atoms with van der Waals surface area (Å²) in [6.45, 7) is 0.369. The highest BCUT2D eigenvalue weighted by Crippen LogP contribution is 2.00. The van der Waals surface area contributed by atoms with Crippen LogP contribution in [0.3, 0.4) is 0 Å². The third kappa shape index (κ3) is 2.19. The number of aromatic amines is 2. The van der Waals surface area contributed by atoms with Crippen molar-refractivity contribution in [2.24, 2.45) is 0 Å². The second-order valence-corrected chi connectivity index (χ2v) is 2.48. The van der Waals surface area contributed by atoms with Crippen LogP contribution in [-0.4, -0.2) is 34.8 Å². The van der Waals surface area contributed by atoms with Gasteiger partial charge in [-0.1, -0.05) is 0 Å². The molecule has 72 valence electrons. The Kier molecular flexibility index (Phi) is 2.86. The summed E-state index contributed by atoms with van der Waals surface area (Å²) in [7, 11) is 1.51. The van der Waals surface area contributed by atoms with E-state index in [2.05, 4.69) is 9.97 Å². The Morgan fingerprint density at radius 1 is 1.54 bits per heavy atom. The van der Waals surface area contributed by atoms with E-state index >= 15 is 0 Å². The van der Waals surface area contributed by atoms with Gasteiger partial charge >= 0.3 is 11.7 Å². The summed E-state index contributed by atoms with van der Waals surface area (Å²) < 4.78 is 4.76. The van der Waals surface area contributed by atoms with E-state index in [1.54, 1.807) is 0 Å². The first-order chi connectivity index (χ1) is 6.15. The lowest BCUT2D eigenvalue weighted by Gasteiger charge is -1.97. The molecular weight excluding hydrogens is 176 g/mol. The monoisotopic (exact) mass is 186 g/mol. The van der Waals surface area contributed by atoms with E-state index < -0.39 is 11.7 Å². The van der Waals surface area contributed by atoms with Crippen molar-refractivity contribution >= 4 is 5.97 Å². The van der Waals surface area contributed by atoms with Crippen molar-refractivity contribution in [1.82, 2.24) is 9.97 Å². The van der Waals surface area contributed by atoms with Crippen LogP contribution in [0, 0.1) is 0 Å². The van der Waals surface area contributed by atoms with Gasteiger partial charge in [0.2, 0.25) is 0 Å². The van der Waals surface area contributed by atoms with Gasteiger partial charge < -0.3 is 14.8 Å². The molecule has 1 aromatic rings. The maximum absolute atomic E-state index is 10.8. The lowest BCUT2D eigenvalue weighted by atomic mass is 10.2. The van der Waals surface area contributed by atoms with Gasteiger partial charge in [0.25, 0.3) is 0 Å². The van der Waals surface area contributed by atoms with Gasteiger partial charge in [-0.2, -0.15) is 0 Å². The average molecular weight is 186 g/mol. The smallest absolute Gasteiger partial charge is 0.354 e. The predicted molar refractivity (Wildman–Crippen MR) is 44.0 cm³/mol. The van der Waals surface area contributed by atoms with Crippen molar-refractivity contribution in [2.75, 3.05) is 13.7 Å². The van der Waals surface area contributed by atoms with Crippen LogP contribution in [0.4, 0.5) is 0 Å². The van der Waals surface area contributed by atoms with E-state index in [1.807, 2.05) is 0 Å². The van der Waals surface area contributed by atoms with Crippen molar-refractivity contribution in [2.45, 2.75) is 6.42 Å².